The molecule has 2 heterocycles. The summed E-state index contributed by atoms with van der Waals surface area (Å²) in [5.74, 6) is 0.0963. The molecule has 1 aliphatic carbocycles. The van der Waals surface area contributed by atoms with E-state index in [1.807, 2.05) is 11.9 Å². The number of nitrogens with zero attached hydrogens (tertiary/aromatic N) is 3. The molecule has 5 nitrogen and oxygen atoms in total. The maximum atomic E-state index is 13.6. The number of amides is 2. The van der Waals surface area contributed by atoms with Gasteiger partial charge in [-0.1, -0.05) is 18.9 Å². The molecule has 4 rings (SSSR count). The maximum Gasteiger partial charge on any atom is 0.241 e. The van der Waals surface area contributed by atoms with Crippen LogP contribution in [0.4, 0.5) is 10.1 Å². The van der Waals surface area contributed by atoms with E-state index in [2.05, 4.69) is 4.90 Å². The van der Waals surface area contributed by atoms with Gasteiger partial charge in [0.15, 0.2) is 0 Å². The molecular weight excluding hydrogens is 333 g/mol. The fourth-order valence-electron chi connectivity index (χ4n) is 4.75. The number of piperazine rings is 1. The van der Waals surface area contributed by atoms with Gasteiger partial charge in [-0.2, -0.15) is 0 Å². The van der Waals surface area contributed by atoms with Gasteiger partial charge >= 0.3 is 0 Å². The first kappa shape index (κ1) is 17.5. The molecule has 1 atom stereocenters. The quantitative estimate of drug-likeness (QED) is 0.814. The van der Waals surface area contributed by atoms with Crippen LogP contribution in [-0.2, 0) is 9.59 Å². The minimum absolute atomic E-state index is 0.0238. The van der Waals surface area contributed by atoms with Crippen LogP contribution in [0.2, 0.25) is 0 Å². The predicted octanol–water partition coefficient (Wildman–Crippen LogP) is 2.27. The van der Waals surface area contributed by atoms with Crippen LogP contribution >= 0.6 is 0 Å². The van der Waals surface area contributed by atoms with Crippen molar-refractivity contribution >= 4 is 17.5 Å². The number of halogens is 1. The highest BCUT2D eigenvalue weighted by Gasteiger charge is 2.49. The Kier molecular flexibility index (Phi) is 4.47. The zero-order chi connectivity index (χ0) is 18.3. The van der Waals surface area contributed by atoms with Crippen molar-refractivity contribution in [2.75, 3.05) is 38.1 Å². The van der Waals surface area contributed by atoms with Crippen molar-refractivity contribution in [3.63, 3.8) is 0 Å². The Hall–Kier alpha value is -1.95. The highest BCUT2D eigenvalue weighted by molar-refractivity contribution is 5.96. The topological polar surface area (TPSA) is 43.9 Å². The monoisotopic (exact) mass is 359 g/mol. The Labute approximate surface area is 153 Å². The van der Waals surface area contributed by atoms with Crippen LogP contribution in [0.3, 0.4) is 0 Å². The van der Waals surface area contributed by atoms with Gasteiger partial charge in [0.05, 0.1) is 12.1 Å². The van der Waals surface area contributed by atoms with E-state index in [0.717, 1.165) is 38.6 Å². The summed E-state index contributed by atoms with van der Waals surface area (Å²) in [5.41, 5.74) is 0.358. The van der Waals surface area contributed by atoms with E-state index in [0.29, 0.717) is 25.3 Å². The number of hydrogen-bond acceptors (Lipinski definition) is 3. The molecule has 1 spiro atoms. The highest BCUT2D eigenvalue weighted by atomic mass is 19.1. The Balaban J connectivity index is 1.53. The number of anilines is 1. The van der Waals surface area contributed by atoms with Crippen LogP contribution in [0.25, 0.3) is 0 Å². The molecule has 6 heteroatoms. The average molecular weight is 359 g/mol. The van der Waals surface area contributed by atoms with E-state index >= 15 is 0 Å². The van der Waals surface area contributed by atoms with E-state index < -0.39 is 0 Å². The van der Waals surface area contributed by atoms with Gasteiger partial charge < -0.3 is 9.80 Å². The first-order valence-electron chi connectivity index (χ1n) is 9.54. The SMILES string of the molecule is CN1CC(=O)N(c2cccc(F)c2)C[C@]12CCN(C(=O)C1CCCC1)C2. The van der Waals surface area contributed by atoms with Crippen molar-refractivity contribution < 1.29 is 14.0 Å². The minimum Gasteiger partial charge on any atom is -0.340 e. The summed E-state index contributed by atoms with van der Waals surface area (Å²) in [6.45, 7) is 2.19. The van der Waals surface area contributed by atoms with Gasteiger partial charge in [-0.05, 0) is 44.5 Å². The summed E-state index contributed by atoms with van der Waals surface area (Å²) < 4.78 is 13.6. The van der Waals surface area contributed by atoms with Gasteiger partial charge in [0.25, 0.3) is 0 Å². The highest BCUT2D eigenvalue weighted by Crippen LogP contribution is 2.35. The molecule has 0 aromatic heterocycles. The van der Waals surface area contributed by atoms with Crippen LogP contribution in [0, 0.1) is 11.7 Å². The minimum atomic E-state index is -0.340. The van der Waals surface area contributed by atoms with Gasteiger partial charge in [0.1, 0.15) is 5.82 Å². The molecule has 3 aliphatic rings. The van der Waals surface area contributed by atoms with Crippen molar-refractivity contribution in [2.24, 2.45) is 5.92 Å². The summed E-state index contributed by atoms with van der Waals surface area (Å²) in [6, 6.07) is 6.20. The lowest BCUT2D eigenvalue weighted by molar-refractivity contribution is -0.134. The summed E-state index contributed by atoms with van der Waals surface area (Å²) >= 11 is 0. The molecule has 3 fully saturated rings. The summed E-state index contributed by atoms with van der Waals surface area (Å²) in [4.78, 5) is 31.1. The zero-order valence-electron chi connectivity index (χ0n) is 15.3. The predicted molar refractivity (Wildman–Crippen MR) is 97.3 cm³/mol. The maximum absolute atomic E-state index is 13.6. The zero-order valence-corrected chi connectivity index (χ0v) is 15.3. The number of likely N-dealkylation sites (N-methyl/N-ethyl adjacent to an activating group) is 1. The Morgan fingerprint density at radius 3 is 2.73 bits per heavy atom. The van der Waals surface area contributed by atoms with Crippen LogP contribution in [0.1, 0.15) is 32.1 Å². The van der Waals surface area contributed by atoms with Gasteiger partial charge in [-0.15, -0.1) is 0 Å². The van der Waals surface area contributed by atoms with Crippen molar-refractivity contribution in [3.8, 4) is 0 Å². The van der Waals surface area contributed by atoms with Crippen LogP contribution in [0.5, 0.6) is 0 Å². The molecule has 1 aromatic carbocycles. The third kappa shape index (κ3) is 3.00. The number of hydrogen-bond donors (Lipinski definition) is 0. The molecule has 2 aliphatic heterocycles. The molecule has 0 radical (unpaired) electrons. The summed E-state index contributed by atoms with van der Waals surface area (Å²) in [5, 5.41) is 0. The molecule has 140 valence electrons. The molecule has 26 heavy (non-hydrogen) atoms. The fourth-order valence-corrected chi connectivity index (χ4v) is 4.75. The lowest BCUT2D eigenvalue weighted by Gasteiger charge is -2.46. The molecule has 2 amide bonds. The Morgan fingerprint density at radius 2 is 2.00 bits per heavy atom. The Bertz CT molecular complexity index is 719. The average Bonchev–Trinajstić information content (AvgIpc) is 3.29. The molecule has 0 unspecified atom stereocenters. The molecule has 0 N–H and O–H groups in total. The second kappa shape index (κ2) is 6.65. The number of carbonyl (C=O) groups is 2. The van der Waals surface area contributed by atoms with Gasteiger partial charge in [0, 0.05) is 31.2 Å². The first-order valence-corrected chi connectivity index (χ1v) is 9.54. The molecule has 0 bridgehead atoms. The Morgan fingerprint density at radius 1 is 1.23 bits per heavy atom. The standard InChI is InChI=1S/C20H26FN3O2/c1-22-12-18(25)24(17-8-4-7-16(21)11-17)14-20(22)9-10-23(13-20)19(26)15-5-2-3-6-15/h4,7-8,11,15H,2-3,5-6,9-10,12-14H2,1H3/t20-/m1/s1. The van der Waals surface area contributed by atoms with Crippen molar-refractivity contribution in [3.05, 3.63) is 30.1 Å². The van der Waals surface area contributed by atoms with E-state index in [9.17, 15) is 14.0 Å². The normalized spacial score (nSPS) is 27.7. The van der Waals surface area contributed by atoms with Crippen molar-refractivity contribution in [1.29, 1.82) is 0 Å². The second-order valence-electron chi connectivity index (χ2n) is 8.03. The molecule has 1 saturated carbocycles. The smallest absolute Gasteiger partial charge is 0.241 e. The number of rotatable bonds is 2. The molecule has 1 aromatic rings. The molecular formula is C20H26FN3O2. The van der Waals surface area contributed by atoms with Crippen LogP contribution in [-0.4, -0.2) is 60.4 Å². The molecule has 2 saturated heterocycles. The van der Waals surface area contributed by atoms with E-state index in [-0.39, 0.29) is 29.1 Å². The van der Waals surface area contributed by atoms with Crippen molar-refractivity contribution in [1.82, 2.24) is 9.80 Å². The van der Waals surface area contributed by atoms with E-state index in [4.69, 9.17) is 0 Å². The number of likely N-dealkylation sites (tertiary alicyclic amines) is 1. The summed E-state index contributed by atoms with van der Waals surface area (Å²) in [7, 11) is 1.96. The van der Waals surface area contributed by atoms with Crippen LogP contribution < -0.4 is 4.90 Å². The third-order valence-corrected chi connectivity index (χ3v) is 6.40. The van der Waals surface area contributed by atoms with E-state index in [1.54, 1.807) is 17.0 Å². The lowest BCUT2D eigenvalue weighted by atomic mass is 9.92. The van der Waals surface area contributed by atoms with Crippen molar-refractivity contribution in [2.45, 2.75) is 37.6 Å². The van der Waals surface area contributed by atoms with Gasteiger partial charge in [-0.25, -0.2) is 4.39 Å². The van der Waals surface area contributed by atoms with Gasteiger partial charge in [-0.3, -0.25) is 14.5 Å². The fraction of sp³-hybridized carbons (Fsp3) is 0.600. The summed E-state index contributed by atoms with van der Waals surface area (Å²) in [6.07, 6.45) is 5.16. The van der Waals surface area contributed by atoms with Gasteiger partial charge in [0.2, 0.25) is 11.8 Å². The number of benzene rings is 1. The largest absolute Gasteiger partial charge is 0.340 e. The lowest BCUT2D eigenvalue weighted by Crippen LogP contribution is -2.64. The van der Waals surface area contributed by atoms with E-state index in [1.165, 1.54) is 12.1 Å². The van der Waals surface area contributed by atoms with Crippen LogP contribution in [0.15, 0.2) is 24.3 Å². The first-order chi connectivity index (χ1) is 12.5. The second-order valence-corrected chi connectivity index (χ2v) is 8.03. The third-order valence-electron chi connectivity index (χ3n) is 6.40. The number of carbonyl (C=O) groups excluding carboxylic acids is 2.